The first-order valence-corrected chi connectivity index (χ1v) is 8.66. The molecule has 3 atom stereocenters. The first-order chi connectivity index (χ1) is 9.64. The second kappa shape index (κ2) is 5.69. The van der Waals surface area contributed by atoms with Crippen LogP contribution in [0.4, 0.5) is 0 Å². The summed E-state index contributed by atoms with van der Waals surface area (Å²) >= 11 is 3.57. The zero-order valence-corrected chi connectivity index (χ0v) is 14.0. The molecule has 1 spiro atoms. The quantitative estimate of drug-likeness (QED) is 0.852. The van der Waals surface area contributed by atoms with Crippen LogP contribution in [-0.4, -0.2) is 12.1 Å². The molecule has 1 aromatic carbocycles. The van der Waals surface area contributed by atoms with Gasteiger partial charge in [-0.2, -0.15) is 0 Å². The normalized spacial score (nSPS) is 32.1. The molecule has 3 unspecified atom stereocenters. The molecule has 0 radical (unpaired) electrons. The molecule has 1 heterocycles. The lowest BCUT2D eigenvalue weighted by atomic mass is 9.81. The zero-order chi connectivity index (χ0) is 14.2. The van der Waals surface area contributed by atoms with Gasteiger partial charge in [-0.3, -0.25) is 0 Å². The van der Waals surface area contributed by atoms with Gasteiger partial charge in [0.05, 0.1) is 0 Å². The van der Waals surface area contributed by atoms with E-state index in [4.69, 9.17) is 4.74 Å². The van der Waals surface area contributed by atoms with E-state index in [2.05, 4.69) is 53.3 Å². The van der Waals surface area contributed by atoms with E-state index in [0.29, 0.717) is 12.0 Å². The Kier molecular flexibility index (Phi) is 4.09. The lowest BCUT2D eigenvalue weighted by Gasteiger charge is -2.43. The molecular formula is C17H24BrNO. The Hall–Kier alpha value is -0.540. The highest BCUT2D eigenvalue weighted by Crippen LogP contribution is 2.50. The summed E-state index contributed by atoms with van der Waals surface area (Å²) in [6.07, 6.45) is 6.08. The van der Waals surface area contributed by atoms with Crippen molar-refractivity contribution in [3.63, 3.8) is 0 Å². The van der Waals surface area contributed by atoms with Crippen LogP contribution in [-0.2, 0) is 0 Å². The topological polar surface area (TPSA) is 21.3 Å². The van der Waals surface area contributed by atoms with Crippen LogP contribution in [0, 0.1) is 5.92 Å². The van der Waals surface area contributed by atoms with Gasteiger partial charge >= 0.3 is 0 Å². The van der Waals surface area contributed by atoms with E-state index in [1.165, 1.54) is 31.2 Å². The predicted octanol–water partition coefficient (Wildman–Crippen LogP) is 4.83. The SMILES string of the molecule is CCCNC1CC2(CCCC2C)Oc2cc(Br)ccc21. The summed E-state index contributed by atoms with van der Waals surface area (Å²) in [5, 5.41) is 3.72. The Morgan fingerprint density at radius 1 is 1.45 bits per heavy atom. The van der Waals surface area contributed by atoms with Gasteiger partial charge in [0.1, 0.15) is 11.4 Å². The third-order valence-electron chi connectivity index (χ3n) is 4.99. The highest BCUT2D eigenvalue weighted by atomic mass is 79.9. The first-order valence-electron chi connectivity index (χ1n) is 7.86. The molecule has 0 aromatic heterocycles. The predicted molar refractivity (Wildman–Crippen MR) is 86.2 cm³/mol. The maximum absolute atomic E-state index is 6.51. The van der Waals surface area contributed by atoms with Crippen LogP contribution in [0.5, 0.6) is 5.75 Å². The van der Waals surface area contributed by atoms with Crippen molar-refractivity contribution in [1.29, 1.82) is 0 Å². The monoisotopic (exact) mass is 337 g/mol. The third kappa shape index (κ3) is 2.50. The summed E-state index contributed by atoms with van der Waals surface area (Å²) in [5.74, 6) is 1.73. The van der Waals surface area contributed by atoms with E-state index in [1.54, 1.807) is 0 Å². The lowest BCUT2D eigenvalue weighted by molar-refractivity contribution is 0.00180. The molecule has 2 aliphatic rings. The summed E-state index contributed by atoms with van der Waals surface area (Å²) in [7, 11) is 0. The van der Waals surface area contributed by atoms with E-state index in [0.717, 1.165) is 23.2 Å². The summed E-state index contributed by atoms with van der Waals surface area (Å²) in [5.41, 5.74) is 1.38. The maximum atomic E-state index is 6.51. The summed E-state index contributed by atoms with van der Waals surface area (Å²) in [4.78, 5) is 0. The summed E-state index contributed by atoms with van der Waals surface area (Å²) in [6.45, 7) is 5.65. The minimum absolute atomic E-state index is 0.0548. The third-order valence-corrected chi connectivity index (χ3v) is 5.48. The van der Waals surface area contributed by atoms with Crippen LogP contribution in [0.25, 0.3) is 0 Å². The fourth-order valence-electron chi connectivity index (χ4n) is 3.77. The summed E-state index contributed by atoms with van der Waals surface area (Å²) < 4.78 is 7.62. The number of fused-ring (bicyclic) bond motifs is 1. The average molecular weight is 338 g/mol. The second-order valence-corrected chi connectivity index (χ2v) is 7.27. The van der Waals surface area contributed by atoms with Crippen LogP contribution < -0.4 is 10.1 Å². The van der Waals surface area contributed by atoms with Gasteiger partial charge in [-0.15, -0.1) is 0 Å². The van der Waals surface area contributed by atoms with Crippen LogP contribution in [0.2, 0.25) is 0 Å². The fraction of sp³-hybridized carbons (Fsp3) is 0.647. The van der Waals surface area contributed by atoms with Gasteiger partial charge in [-0.1, -0.05) is 35.8 Å². The van der Waals surface area contributed by atoms with Gasteiger partial charge in [-0.05, 0) is 50.3 Å². The molecule has 0 saturated heterocycles. The maximum Gasteiger partial charge on any atom is 0.126 e. The van der Waals surface area contributed by atoms with Crippen molar-refractivity contribution in [2.45, 2.75) is 57.6 Å². The van der Waals surface area contributed by atoms with E-state index >= 15 is 0 Å². The number of hydrogen-bond donors (Lipinski definition) is 1. The number of rotatable bonds is 3. The van der Waals surface area contributed by atoms with Crippen molar-refractivity contribution in [2.75, 3.05) is 6.54 Å². The molecule has 2 nitrogen and oxygen atoms in total. The second-order valence-electron chi connectivity index (χ2n) is 6.35. The number of nitrogens with one attached hydrogen (secondary N) is 1. The molecule has 1 aliphatic carbocycles. The largest absolute Gasteiger partial charge is 0.487 e. The van der Waals surface area contributed by atoms with Crippen molar-refractivity contribution in [3.05, 3.63) is 28.2 Å². The Morgan fingerprint density at radius 3 is 3.00 bits per heavy atom. The van der Waals surface area contributed by atoms with Crippen LogP contribution in [0.15, 0.2) is 22.7 Å². The van der Waals surface area contributed by atoms with E-state index in [1.807, 2.05) is 0 Å². The zero-order valence-electron chi connectivity index (χ0n) is 12.4. The van der Waals surface area contributed by atoms with Gasteiger partial charge in [0.2, 0.25) is 0 Å². The number of halogens is 1. The molecule has 3 heteroatoms. The fourth-order valence-corrected chi connectivity index (χ4v) is 4.11. The molecule has 3 rings (SSSR count). The van der Waals surface area contributed by atoms with Gasteiger partial charge in [-0.25, -0.2) is 0 Å². The molecule has 1 aromatic rings. The van der Waals surface area contributed by atoms with Gasteiger partial charge in [0.15, 0.2) is 0 Å². The van der Waals surface area contributed by atoms with Crippen molar-refractivity contribution >= 4 is 15.9 Å². The number of benzene rings is 1. The molecule has 1 N–H and O–H groups in total. The highest BCUT2D eigenvalue weighted by Gasteiger charge is 2.47. The minimum Gasteiger partial charge on any atom is -0.487 e. The van der Waals surface area contributed by atoms with E-state index in [-0.39, 0.29) is 5.60 Å². The average Bonchev–Trinajstić information content (AvgIpc) is 2.76. The molecule has 20 heavy (non-hydrogen) atoms. The van der Waals surface area contributed by atoms with Crippen LogP contribution >= 0.6 is 15.9 Å². The Morgan fingerprint density at radius 2 is 2.30 bits per heavy atom. The molecular weight excluding hydrogens is 314 g/mol. The Bertz CT molecular complexity index is 490. The number of ether oxygens (including phenoxy) is 1. The van der Waals surface area contributed by atoms with Gasteiger partial charge in [0.25, 0.3) is 0 Å². The lowest BCUT2D eigenvalue weighted by Crippen LogP contribution is -2.46. The molecule has 1 fully saturated rings. The number of hydrogen-bond acceptors (Lipinski definition) is 2. The Labute approximate surface area is 130 Å². The molecule has 110 valence electrons. The van der Waals surface area contributed by atoms with E-state index in [9.17, 15) is 0 Å². The van der Waals surface area contributed by atoms with Crippen LogP contribution in [0.3, 0.4) is 0 Å². The smallest absolute Gasteiger partial charge is 0.126 e. The minimum atomic E-state index is 0.0548. The van der Waals surface area contributed by atoms with Crippen molar-refractivity contribution < 1.29 is 4.74 Å². The van der Waals surface area contributed by atoms with Crippen molar-refractivity contribution in [2.24, 2.45) is 5.92 Å². The molecule has 0 amide bonds. The molecule has 1 aliphatic heterocycles. The van der Waals surface area contributed by atoms with Gasteiger partial charge < -0.3 is 10.1 Å². The van der Waals surface area contributed by atoms with Gasteiger partial charge in [0, 0.05) is 22.5 Å². The van der Waals surface area contributed by atoms with E-state index < -0.39 is 0 Å². The first kappa shape index (κ1) is 14.4. The Balaban J connectivity index is 1.95. The standard InChI is InChI=1S/C17H24BrNO/c1-3-9-19-15-11-17(8-4-5-12(17)2)20-16-10-13(18)6-7-14(15)16/h6-7,10,12,15,19H,3-5,8-9,11H2,1-2H3. The van der Waals surface area contributed by atoms with Crippen molar-refractivity contribution in [1.82, 2.24) is 5.32 Å². The molecule has 1 saturated carbocycles. The highest BCUT2D eigenvalue weighted by molar-refractivity contribution is 9.10. The summed E-state index contributed by atoms with van der Waals surface area (Å²) in [6, 6.07) is 6.91. The molecule has 0 bridgehead atoms. The van der Waals surface area contributed by atoms with Crippen LogP contribution in [0.1, 0.15) is 57.6 Å². The van der Waals surface area contributed by atoms with Crippen molar-refractivity contribution in [3.8, 4) is 5.75 Å².